The number of carbonyl (C=O) groups is 1. The maximum absolute atomic E-state index is 12.9. The topological polar surface area (TPSA) is 77.2 Å². The lowest BCUT2D eigenvalue weighted by atomic mass is 9.96. The number of fused-ring (bicyclic) bond motifs is 1. The third-order valence-electron chi connectivity index (χ3n) is 7.04. The summed E-state index contributed by atoms with van der Waals surface area (Å²) >= 11 is 0. The van der Waals surface area contributed by atoms with Crippen LogP contribution in [0.2, 0.25) is 0 Å². The zero-order valence-corrected chi connectivity index (χ0v) is 21.6. The highest BCUT2D eigenvalue weighted by molar-refractivity contribution is 6.45. The van der Waals surface area contributed by atoms with E-state index in [9.17, 15) is 9.18 Å². The Morgan fingerprint density at radius 3 is 2.39 bits per heavy atom. The fraction of sp³-hybridized carbons (Fsp3) is 0.355. The van der Waals surface area contributed by atoms with Crippen molar-refractivity contribution in [1.29, 1.82) is 0 Å². The van der Waals surface area contributed by atoms with Crippen molar-refractivity contribution >= 4 is 11.6 Å². The van der Waals surface area contributed by atoms with E-state index in [1.54, 1.807) is 18.2 Å². The molecule has 6 nitrogen and oxygen atoms in total. The Labute approximate surface area is 223 Å². The van der Waals surface area contributed by atoms with Crippen molar-refractivity contribution in [2.45, 2.75) is 51.2 Å². The predicted molar refractivity (Wildman–Crippen MR) is 146 cm³/mol. The van der Waals surface area contributed by atoms with Crippen molar-refractivity contribution in [1.82, 2.24) is 4.90 Å². The van der Waals surface area contributed by atoms with Crippen LogP contribution in [0.1, 0.15) is 48.8 Å². The minimum absolute atomic E-state index is 0.122. The van der Waals surface area contributed by atoms with Crippen LogP contribution in [0.15, 0.2) is 71.9 Å². The summed E-state index contributed by atoms with van der Waals surface area (Å²) in [6, 6.07) is 20.4. The van der Waals surface area contributed by atoms with E-state index in [0.717, 1.165) is 22.4 Å². The Hall–Kier alpha value is -3.71. The van der Waals surface area contributed by atoms with Gasteiger partial charge in [-0.3, -0.25) is 4.79 Å². The van der Waals surface area contributed by atoms with E-state index in [2.05, 4.69) is 34.3 Å². The molecule has 7 heteroatoms. The number of nitrogens with zero attached hydrogens (tertiary/aromatic N) is 2. The Bertz CT molecular complexity index is 1260. The molecule has 2 aliphatic heterocycles. The van der Waals surface area contributed by atoms with Gasteiger partial charge in [0.2, 0.25) is 0 Å². The van der Waals surface area contributed by atoms with E-state index < -0.39 is 5.91 Å². The molecule has 38 heavy (non-hydrogen) atoms. The van der Waals surface area contributed by atoms with Crippen LogP contribution in [0, 0.1) is 5.82 Å². The number of carbonyl (C=O) groups excluding carboxylic acids is 1. The van der Waals surface area contributed by atoms with Gasteiger partial charge >= 0.3 is 0 Å². The molecular formula is C31H34FN3O3. The standard InChI is InChI=1S/C16H23NO.C15H11FN2O2/c1-2-12-17(11-1)13-3-4-14-5-7-15(8-6-14)18-16-9-10-16;16-12-4-1-9(2-5-12)10-3-6-13-11(7-10)8-20-18-14(13)15(17)19/h5-8,16H,1-4,9-13H2;1-7H,8H2,(H2,17,19). The number of nitrogens with two attached hydrogens (primary N) is 1. The van der Waals surface area contributed by atoms with Gasteiger partial charge in [-0.1, -0.05) is 41.6 Å². The molecule has 0 radical (unpaired) electrons. The molecule has 3 aromatic rings. The van der Waals surface area contributed by atoms with Crippen LogP contribution in [0.5, 0.6) is 5.75 Å². The summed E-state index contributed by atoms with van der Waals surface area (Å²) in [5.41, 5.74) is 10.1. The van der Waals surface area contributed by atoms with Gasteiger partial charge in [0.25, 0.3) is 5.91 Å². The van der Waals surface area contributed by atoms with Crippen LogP contribution < -0.4 is 10.5 Å². The third-order valence-corrected chi connectivity index (χ3v) is 7.04. The molecule has 6 rings (SSSR count). The summed E-state index contributed by atoms with van der Waals surface area (Å²) in [7, 11) is 0. The molecule has 1 saturated carbocycles. The molecule has 198 valence electrons. The number of primary amides is 1. The van der Waals surface area contributed by atoms with Crippen LogP contribution in [-0.4, -0.2) is 42.3 Å². The number of hydrogen-bond acceptors (Lipinski definition) is 5. The van der Waals surface area contributed by atoms with E-state index in [1.807, 2.05) is 12.1 Å². The molecule has 0 spiro atoms. The maximum atomic E-state index is 12.9. The number of aryl methyl sites for hydroxylation is 1. The van der Waals surface area contributed by atoms with E-state index in [4.69, 9.17) is 15.3 Å². The highest BCUT2D eigenvalue weighted by atomic mass is 19.1. The summed E-state index contributed by atoms with van der Waals surface area (Å²) in [5, 5.41) is 3.68. The minimum atomic E-state index is -0.625. The number of benzene rings is 3. The molecular weight excluding hydrogens is 481 g/mol. The quantitative estimate of drug-likeness (QED) is 0.432. The summed E-state index contributed by atoms with van der Waals surface area (Å²) in [6.45, 7) is 4.17. The van der Waals surface area contributed by atoms with Crippen molar-refractivity contribution in [3.05, 3.63) is 89.2 Å². The van der Waals surface area contributed by atoms with Gasteiger partial charge < -0.3 is 20.2 Å². The zero-order valence-electron chi connectivity index (χ0n) is 21.6. The first-order valence-electron chi connectivity index (χ1n) is 13.4. The summed E-state index contributed by atoms with van der Waals surface area (Å²) in [4.78, 5) is 18.9. The Morgan fingerprint density at radius 1 is 1.00 bits per heavy atom. The molecule has 0 atom stereocenters. The van der Waals surface area contributed by atoms with Gasteiger partial charge in [-0.25, -0.2) is 4.39 Å². The Morgan fingerprint density at radius 2 is 1.71 bits per heavy atom. The summed E-state index contributed by atoms with van der Waals surface area (Å²) < 4.78 is 18.7. The number of likely N-dealkylation sites (tertiary alicyclic amines) is 1. The Kier molecular flexibility index (Phi) is 8.34. The van der Waals surface area contributed by atoms with Gasteiger partial charge in [0.15, 0.2) is 5.71 Å². The lowest BCUT2D eigenvalue weighted by molar-refractivity contribution is -0.112. The molecule has 3 aliphatic rings. The molecule has 0 bridgehead atoms. The van der Waals surface area contributed by atoms with E-state index in [1.165, 1.54) is 75.9 Å². The number of hydrogen-bond donors (Lipinski definition) is 1. The molecule has 3 aromatic carbocycles. The monoisotopic (exact) mass is 515 g/mol. The van der Waals surface area contributed by atoms with Crippen LogP contribution in [0.3, 0.4) is 0 Å². The molecule has 2 heterocycles. The lowest BCUT2D eigenvalue weighted by Crippen LogP contribution is -2.27. The molecule has 2 fully saturated rings. The third kappa shape index (κ3) is 6.98. The average Bonchev–Trinajstić information content (AvgIpc) is 3.60. The second-order valence-electron chi connectivity index (χ2n) is 10.1. The molecule has 0 aromatic heterocycles. The number of rotatable bonds is 8. The van der Waals surface area contributed by atoms with Crippen LogP contribution in [0.25, 0.3) is 11.1 Å². The van der Waals surface area contributed by atoms with Crippen molar-refractivity contribution in [3.63, 3.8) is 0 Å². The van der Waals surface area contributed by atoms with Gasteiger partial charge in [0, 0.05) is 11.1 Å². The van der Waals surface area contributed by atoms with Gasteiger partial charge in [0.05, 0.1) is 6.10 Å². The number of oxime groups is 1. The highest BCUT2D eigenvalue weighted by Gasteiger charge is 2.23. The van der Waals surface area contributed by atoms with Crippen LogP contribution >= 0.6 is 0 Å². The van der Waals surface area contributed by atoms with Crippen molar-refractivity contribution in [2.24, 2.45) is 10.9 Å². The van der Waals surface area contributed by atoms with E-state index in [-0.39, 0.29) is 18.1 Å². The van der Waals surface area contributed by atoms with Crippen LogP contribution in [-0.2, 0) is 22.7 Å². The number of amides is 1. The molecule has 1 amide bonds. The van der Waals surface area contributed by atoms with Crippen LogP contribution in [0.4, 0.5) is 4.39 Å². The second-order valence-corrected chi connectivity index (χ2v) is 10.1. The maximum Gasteiger partial charge on any atom is 0.271 e. The predicted octanol–water partition coefficient (Wildman–Crippen LogP) is 5.47. The highest BCUT2D eigenvalue weighted by Crippen LogP contribution is 2.27. The van der Waals surface area contributed by atoms with Crippen molar-refractivity contribution in [3.8, 4) is 16.9 Å². The summed E-state index contributed by atoms with van der Waals surface area (Å²) in [5.74, 6) is 0.138. The zero-order chi connectivity index (χ0) is 26.3. The average molecular weight is 516 g/mol. The Balaban J connectivity index is 0.000000156. The van der Waals surface area contributed by atoms with Gasteiger partial charge in [-0.2, -0.15) is 0 Å². The van der Waals surface area contributed by atoms with E-state index >= 15 is 0 Å². The first-order valence-corrected chi connectivity index (χ1v) is 13.4. The second kappa shape index (κ2) is 12.2. The van der Waals surface area contributed by atoms with Gasteiger partial charge in [-0.15, -0.1) is 0 Å². The van der Waals surface area contributed by atoms with Gasteiger partial charge in [0.1, 0.15) is 18.2 Å². The van der Waals surface area contributed by atoms with Gasteiger partial charge in [-0.05, 0) is 105 Å². The van der Waals surface area contributed by atoms with Crippen molar-refractivity contribution in [2.75, 3.05) is 19.6 Å². The molecule has 1 saturated heterocycles. The fourth-order valence-corrected chi connectivity index (χ4v) is 4.79. The summed E-state index contributed by atoms with van der Waals surface area (Å²) in [6.07, 6.45) is 8.24. The number of halogens is 1. The molecule has 1 aliphatic carbocycles. The molecule has 2 N–H and O–H groups in total. The smallest absolute Gasteiger partial charge is 0.271 e. The molecule has 0 unspecified atom stereocenters. The fourth-order valence-electron chi connectivity index (χ4n) is 4.79. The largest absolute Gasteiger partial charge is 0.490 e. The SMILES string of the molecule is NC(=O)C1=NOCc2cc(-c3ccc(F)cc3)ccc21.c1cc(OC2CC2)ccc1CCCN1CCCC1. The first kappa shape index (κ1) is 25.9. The minimum Gasteiger partial charge on any atom is -0.490 e. The first-order chi connectivity index (χ1) is 18.5. The number of ether oxygens (including phenoxy) is 1. The van der Waals surface area contributed by atoms with Crippen molar-refractivity contribution < 1.29 is 18.8 Å². The van der Waals surface area contributed by atoms with E-state index in [0.29, 0.717) is 11.7 Å². The lowest BCUT2D eigenvalue weighted by Gasteiger charge is -2.15. The normalized spacial score (nSPS) is 16.5.